The third kappa shape index (κ3) is 4.42. The highest BCUT2D eigenvalue weighted by molar-refractivity contribution is 5.92. The quantitative estimate of drug-likeness (QED) is 0.650. The topological polar surface area (TPSA) is 62.9 Å². The Bertz CT molecular complexity index is 444. The van der Waals surface area contributed by atoms with E-state index in [-0.39, 0.29) is 0 Å². The summed E-state index contributed by atoms with van der Waals surface area (Å²) in [6.07, 6.45) is 2.49. The number of benzene rings is 1. The predicted octanol–water partition coefficient (Wildman–Crippen LogP) is 1.76. The molecule has 3 N–H and O–H groups in total. The molecular formula is C15H24N4O. The number of likely N-dealkylation sites (tertiary alicyclic amines) is 1. The molecule has 1 aromatic carbocycles. The average molecular weight is 276 g/mol. The molecule has 5 heteroatoms. The van der Waals surface area contributed by atoms with Crippen LogP contribution in [-0.4, -0.2) is 44.7 Å². The van der Waals surface area contributed by atoms with Crippen LogP contribution in [0.1, 0.15) is 12.8 Å². The minimum atomic E-state index is 0.475. The van der Waals surface area contributed by atoms with Crippen molar-refractivity contribution in [3.8, 4) is 5.75 Å². The Balaban J connectivity index is 1.83. The number of aliphatic imine (C=N–C) groups is 1. The molecule has 0 amide bonds. The summed E-state index contributed by atoms with van der Waals surface area (Å²) < 4.78 is 5.12. The first-order valence-electron chi connectivity index (χ1n) is 7.07. The number of rotatable bonds is 4. The maximum absolute atomic E-state index is 5.92. The summed E-state index contributed by atoms with van der Waals surface area (Å²) in [4.78, 5) is 6.80. The van der Waals surface area contributed by atoms with Crippen molar-refractivity contribution in [2.75, 3.05) is 39.1 Å². The van der Waals surface area contributed by atoms with Crippen LogP contribution < -0.4 is 15.8 Å². The van der Waals surface area contributed by atoms with E-state index in [0.717, 1.165) is 24.5 Å². The lowest BCUT2D eigenvalue weighted by atomic mass is 9.99. The monoisotopic (exact) mass is 276 g/mol. The van der Waals surface area contributed by atoms with Gasteiger partial charge in [-0.1, -0.05) is 0 Å². The van der Waals surface area contributed by atoms with Gasteiger partial charge in [0.05, 0.1) is 7.11 Å². The largest absolute Gasteiger partial charge is 0.497 e. The molecule has 1 aliphatic rings. The number of anilines is 1. The molecular weight excluding hydrogens is 252 g/mol. The van der Waals surface area contributed by atoms with Gasteiger partial charge in [-0.2, -0.15) is 0 Å². The first-order valence-corrected chi connectivity index (χ1v) is 7.07. The SMILES string of the molecule is COc1ccc(NC(N)=NCC2CCCN(C)C2)cc1. The smallest absolute Gasteiger partial charge is 0.193 e. The fourth-order valence-electron chi connectivity index (χ4n) is 2.51. The fourth-order valence-corrected chi connectivity index (χ4v) is 2.51. The van der Waals surface area contributed by atoms with Gasteiger partial charge >= 0.3 is 0 Å². The van der Waals surface area contributed by atoms with Crippen LogP contribution >= 0.6 is 0 Å². The number of ether oxygens (including phenoxy) is 1. The van der Waals surface area contributed by atoms with Gasteiger partial charge in [-0.15, -0.1) is 0 Å². The highest BCUT2D eigenvalue weighted by Crippen LogP contribution is 2.16. The Morgan fingerprint density at radius 2 is 2.20 bits per heavy atom. The zero-order valence-corrected chi connectivity index (χ0v) is 12.3. The van der Waals surface area contributed by atoms with Gasteiger partial charge < -0.3 is 20.7 Å². The second-order valence-electron chi connectivity index (χ2n) is 5.35. The molecule has 5 nitrogen and oxygen atoms in total. The highest BCUT2D eigenvalue weighted by Gasteiger charge is 2.16. The van der Waals surface area contributed by atoms with Gasteiger partial charge in [-0.05, 0) is 56.6 Å². The number of hydrogen-bond donors (Lipinski definition) is 2. The van der Waals surface area contributed by atoms with Crippen LogP contribution in [0.4, 0.5) is 5.69 Å². The van der Waals surface area contributed by atoms with Gasteiger partial charge in [0.2, 0.25) is 0 Å². The number of hydrogen-bond acceptors (Lipinski definition) is 3. The average Bonchev–Trinajstić information content (AvgIpc) is 2.46. The van der Waals surface area contributed by atoms with Gasteiger partial charge in [0.1, 0.15) is 5.75 Å². The maximum atomic E-state index is 5.92. The molecule has 0 bridgehead atoms. The first-order chi connectivity index (χ1) is 9.67. The number of nitrogens with two attached hydrogens (primary N) is 1. The zero-order valence-electron chi connectivity index (χ0n) is 12.3. The summed E-state index contributed by atoms with van der Waals surface area (Å²) in [5.41, 5.74) is 6.85. The summed E-state index contributed by atoms with van der Waals surface area (Å²) in [5, 5.41) is 3.10. The van der Waals surface area contributed by atoms with Crippen LogP contribution in [0, 0.1) is 5.92 Å². The van der Waals surface area contributed by atoms with Crippen molar-refractivity contribution in [3.63, 3.8) is 0 Å². The van der Waals surface area contributed by atoms with Crippen LogP contribution in [0.15, 0.2) is 29.3 Å². The summed E-state index contributed by atoms with van der Waals surface area (Å²) in [5.74, 6) is 1.92. The third-order valence-electron chi connectivity index (χ3n) is 3.60. The van der Waals surface area contributed by atoms with Crippen LogP contribution in [0.3, 0.4) is 0 Å². The maximum Gasteiger partial charge on any atom is 0.193 e. The minimum absolute atomic E-state index is 0.475. The molecule has 1 aromatic rings. The van der Waals surface area contributed by atoms with E-state index in [1.54, 1.807) is 7.11 Å². The lowest BCUT2D eigenvalue weighted by molar-refractivity contribution is 0.214. The summed E-state index contributed by atoms with van der Waals surface area (Å²) in [6, 6.07) is 7.64. The minimum Gasteiger partial charge on any atom is -0.497 e. The number of piperidine rings is 1. The molecule has 0 radical (unpaired) electrons. The lowest BCUT2D eigenvalue weighted by Crippen LogP contribution is -2.34. The van der Waals surface area contributed by atoms with Crippen molar-refractivity contribution >= 4 is 11.6 Å². The fraction of sp³-hybridized carbons (Fsp3) is 0.533. The summed E-state index contributed by atoms with van der Waals surface area (Å²) in [7, 11) is 3.81. The van der Waals surface area contributed by atoms with Crippen molar-refractivity contribution in [2.45, 2.75) is 12.8 Å². The highest BCUT2D eigenvalue weighted by atomic mass is 16.5. The summed E-state index contributed by atoms with van der Waals surface area (Å²) in [6.45, 7) is 3.10. The molecule has 1 aliphatic heterocycles. The van der Waals surface area contributed by atoms with Gasteiger partial charge in [0.25, 0.3) is 0 Å². The first kappa shape index (κ1) is 14.7. The van der Waals surface area contributed by atoms with Crippen molar-refractivity contribution in [1.82, 2.24) is 4.90 Å². The molecule has 110 valence electrons. The molecule has 0 saturated carbocycles. The van der Waals surface area contributed by atoms with E-state index in [2.05, 4.69) is 22.3 Å². The Hall–Kier alpha value is -1.75. The number of nitrogens with one attached hydrogen (secondary N) is 1. The van der Waals surface area contributed by atoms with Crippen LogP contribution in [0.25, 0.3) is 0 Å². The van der Waals surface area contributed by atoms with E-state index in [4.69, 9.17) is 10.5 Å². The van der Waals surface area contributed by atoms with E-state index >= 15 is 0 Å². The number of guanidine groups is 1. The normalized spacial score (nSPS) is 20.7. The van der Waals surface area contributed by atoms with Crippen molar-refractivity contribution in [2.24, 2.45) is 16.6 Å². The Labute approximate surface area is 120 Å². The Morgan fingerprint density at radius 3 is 2.85 bits per heavy atom. The van der Waals surface area contributed by atoms with Crippen molar-refractivity contribution < 1.29 is 4.74 Å². The molecule has 1 fully saturated rings. The molecule has 0 spiro atoms. The predicted molar refractivity (Wildman–Crippen MR) is 83.3 cm³/mol. The van der Waals surface area contributed by atoms with E-state index in [9.17, 15) is 0 Å². The second-order valence-corrected chi connectivity index (χ2v) is 5.35. The van der Waals surface area contributed by atoms with Gasteiger partial charge in [0, 0.05) is 18.8 Å². The Kier molecular flexibility index (Phi) is 5.24. The van der Waals surface area contributed by atoms with Gasteiger partial charge in [-0.25, -0.2) is 0 Å². The molecule has 20 heavy (non-hydrogen) atoms. The molecule has 1 saturated heterocycles. The molecule has 1 heterocycles. The zero-order chi connectivity index (χ0) is 14.4. The lowest BCUT2D eigenvalue weighted by Gasteiger charge is -2.28. The van der Waals surface area contributed by atoms with Crippen molar-refractivity contribution in [3.05, 3.63) is 24.3 Å². The molecule has 0 aromatic heterocycles. The van der Waals surface area contributed by atoms with Crippen LogP contribution in [0.2, 0.25) is 0 Å². The molecule has 1 unspecified atom stereocenters. The second kappa shape index (κ2) is 7.14. The van der Waals surface area contributed by atoms with E-state index in [0.29, 0.717) is 11.9 Å². The molecule has 1 atom stereocenters. The van der Waals surface area contributed by atoms with Crippen molar-refractivity contribution in [1.29, 1.82) is 0 Å². The van der Waals surface area contributed by atoms with Gasteiger partial charge in [0.15, 0.2) is 5.96 Å². The number of nitrogens with zero attached hydrogens (tertiary/aromatic N) is 2. The van der Waals surface area contributed by atoms with Crippen LogP contribution in [0.5, 0.6) is 5.75 Å². The van der Waals surface area contributed by atoms with Crippen LogP contribution in [-0.2, 0) is 0 Å². The van der Waals surface area contributed by atoms with E-state index < -0.39 is 0 Å². The molecule has 2 rings (SSSR count). The van der Waals surface area contributed by atoms with E-state index in [1.807, 2.05) is 24.3 Å². The Morgan fingerprint density at radius 1 is 1.45 bits per heavy atom. The number of methoxy groups -OCH3 is 1. The van der Waals surface area contributed by atoms with Gasteiger partial charge in [-0.3, -0.25) is 4.99 Å². The third-order valence-corrected chi connectivity index (χ3v) is 3.60. The molecule has 0 aliphatic carbocycles. The summed E-state index contributed by atoms with van der Waals surface area (Å²) >= 11 is 0. The standard InChI is InChI=1S/C15H24N4O/c1-19-9-3-4-12(11-19)10-17-15(16)18-13-5-7-14(20-2)8-6-13/h5-8,12H,3-4,9-11H2,1-2H3,(H3,16,17,18). The van der Waals surface area contributed by atoms with E-state index in [1.165, 1.54) is 19.4 Å².